The summed E-state index contributed by atoms with van der Waals surface area (Å²) in [5, 5.41) is 3.54. The van der Waals surface area contributed by atoms with Crippen molar-refractivity contribution in [3.63, 3.8) is 0 Å². The highest BCUT2D eigenvalue weighted by atomic mass is 16.5. The summed E-state index contributed by atoms with van der Waals surface area (Å²) in [5.41, 5.74) is 3.63. The fraction of sp³-hybridized carbons (Fsp3) is 0.444. The number of benzene rings is 1. The Balaban J connectivity index is 1.95. The van der Waals surface area contributed by atoms with E-state index in [0.717, 1.165) is 24.5 Å². The van der Waals surface area contributed by atoms with Crippen LogP contribution in [-0.4, -0.2) is 12.1 Å². The van der Waals surface area contributed by atoms with Gasteiger partial charge >= 0.3 is 0 Å². The van der Waals surface area contributed by atoms with Gasteiger partial charge in [-0.15, -0.1) is 0 Å². The van der Waals surface area contributed by atoms with Gasteiger partial charge in [0.2, 0.25) is 0 Å². The average Bonchev–Trinajstić information content (AvgIpc) is 2.96. The molecule has 3 rings (SSSR count). The molecule has 1 aromatic carbocycles. The molecule has 3 heteroatoms. The van der Waals surface area contributed by atoms with Crippen molar-refractivity contribution in [3.8, 4) is 5.75 Å². The van der Waals surface area contributed by atoms with Crippen molar-refractivity contribution in [1.82, 2.24) is 5.32 Å². The van der Waals surface area contributed by atoms with Crippen molar-refractivity contribution in [2.24, 2.45) is 0 Å². The Morgan fingerprint density at radius 2 is 2.05 bits per heavy atom. The van der Waals surface area contributed by atoms with E-state index < -0.39 is 0 Å². The predicted molar refractivity (Wildman–Crippen MR) is 83.8 cm³/mol. The molecule has 21 heavy (non-hydrogen) atoms. The molecular formula is C18H23NO2. The number of hydrogen-bond acceptors (Lipinski definition) is 3. The standard InChI is InChI=1S/C18H23NO2/c1-5-19-17(15-8-12(2)20-11-15)13-6-7-16-14(9-13)10-18(3,4)21-16/h6-9,11,17,19H,5,10H2,1-4H3. The van der Waals surface area contributed by atoms with Gasteiger partial charge in [0.1, 0.15) is 17.1 Å². The van der Waals surface area contributed by atoms with Crippen LogP contribution in [0.3, 0.4) is 0 Å². The van der Waals surface area contributed by atoms with Crippen LogP contribution in [0.15, 0.2) is 34.9 Å². The van der Waals surface area contributed by atoms with Gasteiger partial charge in [-0.25, -0.2) is 0 Å². The number of furan rings is 1. The van der Waals surface area contributed by atoms with Crippen LogP contribution >= 0.6 is 0 Å². The summed E-state index contributed by atoms with van der Waals surface area (Å²) < 4.78 is 11.4. The summed E-state index contributed by atoms with van der Waals surface area (Å²) in [6.45, 7) is 9.28. The fourth-order valence-electron chi connectivity index (χ4n) is 3.06. The summed E-state index contributed by atoms with van der Waals surface area (Å²) in [6.07, 6.45) is 2.80. The lowest BCUT2D eigenvalue weighted by Crippen LogP contribution is -2.24. The number of rotatable bonds is 4. The van der Waals surface area contributed by atoms with E-state index in [1.165, 1.54) is 16.7 Å². The second-order valence-electron chi connectivity index (χ2n) is 6.39. The maximum Gasteiger partial charge on any atom is 0.123 e. The smallest absolute Gasteiger partial charge is 0.123 e. The molecule has 2 aromatic rings. The lowest BCUT2D eigenvalue weighted by atomic mass is 9.95. The van der Waals surface area contributed by atoms with Gasteiger partial charge in [-0.3, -0.25) is 0 Å². The van der Waals surface area contributed by atoms with Crippen molar-refractivity contribution in [2.75, 3.05) is 6.54 Å². The first kappa shape index (κ1) is 14.2. The van der Waals surface area contributed by atoms with Crippen molar-refractivity contribution in [3.05, 3.63) is 53.0 Å². The molecule has 112 valence electrons. The second-order valence-corrected chi connectivity index (χ2v) is 6.39. The zero-order valence-corrected chi connectivity index (χ0v) is 13.2. The lowest BCUT2D eigenvalue weighted by molar-refractivity contribution is 0.138. The first-order chi connectivity index (χ1) is 9.98. The Morgan fingerprint density at radius 1 is 1.24 bits per heavy atom. The molecule has 1 aliphatic heterocycles. The molecule has 1 aromatic heterocycles. The number of ether oxygens (including phenoxy) is 1. The summed E-state index contributed by atoms with van der Waals surface area (Å²) in [4.78, 5) is 0. The van der Waals surface area contributed by atoms with Crippen LogP contribution in [-0.2, 0) is 6.42 Å². The SMILES string of the molecule is CCNC(c1coc(C)c1)c1ccc2c(c1)CC(C)(C)O2. The lowest BCUT2D eigenvalue weighted by Gasteiger charge is -2.17. The Labute approximate surface area is 126 Å². The fourth-order valence-corrected chi connectivity index (χ4v) is 3.06. The van der Waals surface area contributed by atoms with Gasteiger partial charge in [0.15, 0.2) is 0 Å². The third kappa shape index (κ3) is 2.84. The topological polar surface area (TPSA) is 34.4 Å². The number of aryl methyl sites for hydroxylation is 1. The molecule has 1 N–H and O–H groups in total. The Hall–Kier alpha value is -1.74. The van der Waals surface area contributed by atoms with Crippen LogP contribution in [0.4, 0.5) is 0 Å². The molecule has 0 saturated heterocycles. The van der Waals surface area contributed by atoms with Crippen LogP contribution in [0.2, 0.25) is 0 Å². The quantitative estimate of drug-likeness (QED) is 0.922. The highest BCUT2D eigenvalue weighted by Gasteiger charge is 2.30. The van der Waals surface area contributed by atoms with E-state index in [1.54, 1.807) is 0 Å². The normalized spacial score (nSPS) is 17.3. The maximum absolute atomic E-state index is 5.96. The van der Waals surface area contributed by atoms with Crippen LogP contribution in [0, 0.1) is 6.92 Å². The van der Waals surface area contributed by atoms with E-state index in [9.17, 15) is 0 Å². The molecule has 0 aliphatic carbocycles. The first-order valence-corrected chi connectivity index (χ1v) is 7.59. The molecule has 3 nitrogen and oxygen atoms in total. The van der Waals surface area contributed by atoms with Gasteiger partial charge < -0.3 is 14.5 Å². The first-order valence-electron chi connectivity index (χ1n) is 7.59. The van der Waals surface area contributed by atoms with Gasteiger partial charge in [0.25, 0.3) is 0 Å². The van der Waals surface area contributed by atoms with E-state index in [-0.39, 0.29) is 11.6 Å². The van der Waals surface area contributed by atoms with E-state index >= 15 is 0 Å². The summed E-state index contributed by atoms with van der Waals surface area (Å²) >= 11 is 0. The Kier molecular flexibility index (Phi) is 3.54. The van der Waals surface area contributed by atoms with Crippen LogP contribution in [0.1, 0.15) is 49.3 Å². The van der Waals surface area contributed by atoms with Crippen LogP contribution < -0.4 is 10.1 Å². The zero-order valence-electron chi connectivity index (χ0n) is 13.2. The molecule has 0 saturated carbocycles. The minimum atomic E-state index is -0.0964. The Morgan fingerprint density at radius 3 is 2.71 bits per heavy atom. The molecule has 1 atom stereocenters. The zero-order chi connectivity index (χ0) is 15.0. The minimum Gasteiger partial charge on any atom is -0.487 e. The number of fused-ring (bicyclic) bond motifs is 1. The van der Waals surface area contributed by atoms with E-state index in [4.69, 9.17) is 9.15 Å². The third-order valence-corrected chi connectivity index (χ3v) is 3.91. The molecule has 2 heterocycles. The molecule has 0 amide bonds. The summed E-state index contributed by atoms with van der Waals surface area (Å²) in [5.74, 6) is 1.96. The second kappa shape index (κ2) is 5.23. The maximum atomic E-state index is 5.96. The van der Waals surface area contributed by atoms with Crippen molar-refractivity contribution >= 4 is 0 Å². The van der Waals surface area contributed by atoms with Crippen LogP contribution in [0.25, 0.3) is 0 Å². The summed E-state index contributed by atoms with van der Waals surface area (Å²) in [7, 11) is 0. The highest BCUT2D eigenvalue weighted by molar-refractivity contribution is 5.44. The van der Waals surface area contributed by atoms with Gasteiger partial charge in [-0.05, 0) is 50.6 Å². The molecule has 1 aliphatic rings. The monoisotopic (exact) mass is 285 g/mol. The van der Waals surface area contributed by atoms with Gasteiger partial charge in [-0.1, -0.05) is 19.1 Å². The molecule has 0 radical (unpaired) electrons. The van der Waals surface area contributed by atoms with Gasteiger partial charge in [0.05, 0.1) is 12.3 Å². The molecule has 0 spiro atoms. The largest absolute Gasteiger partial charge is 0.487 e. The Bertz CT molecular complexity index is 642. The average molecular weight is 285 g/mol. The molecule has 1 unspecified atom stereocenters. The molecular weight excluding hydrogens is 262 g/mol. The van der Waals surface area contributed by atoms with E-state index in [1.807, 2.05) is 13.2 Å². The van der Waals surface area contributed by atoms with Crippen molar-refractivity contribution < 1.29 is 9.15 Å². The van der Waals surface area contributed by atoms with E-state index in [0.29, 0.717) is 0 Å². The minimum absolute atomic E-state index is 0.0964. The van der Waals surface area contributed by atoms with Crippen molar-refractivity contribution in [2.45, 2.75) is 45.8 Å². The van der Waals surface area contributed by atoms with Crippen LogP contribution in [0.5, 0.6) is 5.75 Å². The van der Waals surface area contributed by atoms with Gasteiger partial charge in [-0.2, -0.15) is 0 Å². The predicted octanol–water partition coefficient (Wildman–Crippen LogP) is 4.00. The third-order valence-electron chi connectivity index (χ3n) is 3.91. The number of hydrogen-bond donors (Lipinski definition) is 1. The highest BCUT2D eigenvalue weighted by Crippen LogP contribution is 2.37. The van der Waals surface area contributed by atoms with E-state index in [2.05, 4.69) is 50.4 Å². The number of nitrogens with one attached hydrogen (secondary N) is 1. The van der Waals surface area contributed by atoms with Crippen molar-refractivity contribution in [1.29, 1.82) is 0 Å². The molecule has 0 bridgehead atoms. The summed E-state index contributed by atoms with van der Waals surface area (Å²) in [6, 6.07) is 8.77. The molecule has 0 fully saturated rings. The van der Waals surface area contributed by atoms with Gasteiger partial charge in [0, 0.05) is 12.0 Å².